The minimum absolute atomic E-state index is 0.143. The molecule has 0 fully saturated rings. The zero-order valence-corrected chi connectivity index (χ0v) is 8.34. The van der Waals surface area contributed by atoms with Gasteiger partial charge in [-0.3, -0.25) is 0 Å². The Kier molecular flexibility index (Phi) is 4.15. The molecule has 1 rings (SSSR count). The number of carbonyl (C=O) groups is 1. The third-order valence-corrected chi connectivity index (χ3v) is 1.69. The normalized spacial score (nSPS) is 9.57. The van der Waals surface area contributed by atoms with Crippen LogP contribution >= 0.6 is 11.6 Å². The second-order valence-corrected chi connectivity index (χ2v) is 2.76. The smallest absolute Gasteiger partial charge is 0.321 e. The molecule has 0 spiro atoms. The average molecular weight is 216 g/mol. The first-order chi connectivity index (χ1) is 6.74. The second kappa shape index (κ2) is 5.41. The maximum atomic E-state index is 11.1. The van der Waals surface area contributed by atoms with E-state index in [1.54, 1.807) is 18.3 Å². The zero-order valence-electron chi connectivity index (χ0n) is 7.58. The van der Waals surface area contributed by atoms with E-state index in [1.807, 2.05) is 0 Å². The van der Waals surface area contributed by atoms with Crippen molar-refractivity contribution in [1.82, 2.24) is 10.3 Å². The molecule has 0 aliphatic rings. The lowest BCUT2D eigenvalue weighted by Gasteiger charge is -2.06. The Balaban J connectivity index is 2.52. The molecule has 0 unspecified atom stereocenters. The zero-order chi connectivity index (χ0) is 10.4. The number of anilines is 1. The second-order valence-electron chi connectivity index (χ2n) is 2.41. The number of pyridine rings is 1. The minimum atomic E-state index is -0.387. The quantitative estimate of drug-likeness (QED) is 0.593. The van der Waals surface area contributed by atoms with Crippen LogP contribution in [0.2, 0.25) is 5.15 Å². The molecule has 1 aromatic heterocycles. The number of carbonyl (C=O) groups excluding carboxylic acids is 1. The van der Waals surface area contributed by atoms with Crippen LogP contribution < -0.4 is 10.6 Å². The van der Waals surface area contributed by atoms with Gasteiger partial charge >= 0.3 is 6.03 Å². The van der Waals surface area contributed by atoms with Gasteiger partial charge in [0.15, 0.2) is 5.15 Å². The predicted octanol–water partition coefficient (Wildman–Crippen LogP) is 1.46. The van der Waals surface area contributed by atoms with Gasteiger partial charge in [0.2, 0.25) is 0 Å². The van der Waals surface area contributed by atoms with Crippen LogP contribution in [-0.4, -0.2) is 24.9 Å². The number of ether oxygens (including phenoxy) is 1. The van der Waals surface area contributed by atoms with Gasteiger partial charge in [0.1, 0.15) is 6.73 Å². The van der Waals surface area contributed by atoms with Crippen molar-refractivity contribution in [1.29, 1.82) is 0 Å². The molecule has 6 heteroatoms. The number of nitrogens with zero attached hydrogens (tertiary/aromatic N) is 1. The maximum Gasteiger partial charge on any atom is 0.321 e. The van der Waals surface area contributed by atoms with Gasteiger partial charge in [0, 0.05) is 13.3 Å². The molecule has 76 valence electrons. The molecule has 2 N–H and O–H groups in total. The Hall–Kier alpha value is -1.33. The third kappa shape index (κ3) is 3.20. The summed E-state index contributed by atoms with van der Waals surface area (Å²) in [6.07, 6.45) is 1.54. The van der Waals surface area contributed by atoms with Crippen LogP contribution in [0.4, 0.5) is 10.5 Å². The lowest BCUT2D eigenvalue weighted by Crippen LogP contribution is -2.30. The molecular weight excluding hydrogens is 206 g/mol. The highest BCUT2D eigenvalue weighted by Gasteiger charge is 2.03. The van der Waals surface area contributed by atoms with Gasteiger partial charge in [-0.25, -0.2) is 9.78 Å². The van der Waals surface area contributed by atoms with E-state index >= 15 is 0 Å². The van der Waals surface area contributed by atoms with Crippen molar-refractivity contribution in [3.8, 4) is 0 Å². The summed E-state index contributed by atoms with van der Waals surface area (Å²) < 4.78 is 4.66. The summed E-state index contributed by atoms with van der Waals surface area (Å²) >= 11 is 5.72. The summed E-state index contributed by atoms with van der Waals surface area (Å²) in [5.41, 5.74) is 0.461. The first-order valence-corrected chi connectivity index (χ1v) is 4.26. The molecular formula is C8H10ClN3O2. The lowest BCUT2D eigenvalue weighted by atomic mass is 10.4. The van der Waals surface area contributed by atoms with Crippen molar-refractivity contribution in [3.63, 3.8) is 0 Å². The highest BCUT2D eigenvalue weighted by molar-refractivity contribution is 6.32. The number of nitrogens with one attached hydrogen (secondary N) is 2. The molecule has 0 atom stereocenters. The van der Waals surface area contributed by atoms with Crippen LogP contribution in [0, 0.1) is 0 Å². The number of hydrogen-bond donors (Lipinski definition) is 2. The van der Waals surface area contributed by atoms with Crippen molar-refractivity contribution in [2.24, 2.45) is 0 Å². The van der Waals surface area contributed by atoms with Crippen LogP contribution in [-0.2, 0) is 4.74 Å². The average Bonchev–Trinajstić information content (AvgIpc) is 2.18. The summed E-state index contributed by atoms with van der Waals surface area (Å²) in [7, 11) is 1.48. The minimum Gasteiger partial charge on any atom is -0.364 e. The van der Waals surface area contributed by atoms with Crippen molar-refractivity contribution in [3.05, 3.63) is 23.5 Å². The van der Waals surface area contributed by atoms with Gasteiger partial charge < -0.3 is 15.4 Å². The van der Waals surface area contributed by atoms with Crippen LogP contribution in [0.25, 0.3) is 0 Å². The largest absolute Gasteiger partial charge is 0.364 e. The molecule has 0 saturated carbocycles. The molecule has 2 amide bonds. The predicted molar refractivity (Wildman–Crippen MR) is 53.3 cm³/mol. The van der Waals surface area contributed by atoms with E-state index in [0.717, 1.165) is 0 Å². The van der Waals surface area contributed by atoms with E-state index in [4.69, 9.17) is 11.6 Å². The van der Waals surface area contributed by atoms with Gasteiger partial charge in [0.05, 0.1) is 5.69 Å². The van der Waals surface area contributed by atoms with Gasteiger partial charge in [0.25, 0.3) is 0 Å². The Bertz CT molecular complexity index is 319. The van der Waals surface area contributed by atoms with E-state index in [-0.39, 0.29) is 17.9 Å². The number of aromatic nitrogens is 1. The van der Waals surface area contributed by atoms with E-state index in [2.05, 4.69) is 20.4 Å². The number of halogens is 1. The van der Waals surface area contributed by atoms with Gasteiger partial charge in [-0.15, -0.1) is 0 Å². The molecule has 14 heavy (non-hydrogen) atoms. The first kappa shape index (κ1) is 10.7. The SMILES string of the molecule is COCNC(=O)Nc1cccnc1Cl. The van der Waals surface area contributed by atoms with Crippen LogP contribution in [0.3, 0.4) is 0 Å². The molecule has 0 saturated heterocycles. The van der Waals surface area contributed by atoms with E-state index in [9.17, 15) is 4.79 Å². The Morgan fingerprint density at radius 2 is 2.50 bits per heavy atom. The highest BCUT2D eigenvalue weighted by atomic mass is 35.5. The molecule has 5 nitrogen and oxygen atoms in total. The standard InChI is InChI=1S/C8H10ClN3O2/c1-14-5-11-8(13)12-6-3-2-4-10-7(6)9/h2-4H,5H2,1H3,(H2,11,12,13). The summed E-state index contributed by atoms with van der Waals surface area (Å²) in [5, 5.41) is 5.22. The fourth-order valence-corrected chi connectivity index (χ4v) is 0.950. The monoisotopic (exact) mass is 215 g/mol. The summed E-state index contributed by atoms with van der Waals surface area (Å²) in [6, 6.07) is 2.95. The van der Waals surface area contributed by atoms with Crippen LogP contribution in [0.5, 0.6) is 0 Å². The number of amides is 2. The van der Waals surface area contributed by atoms with E-state index < -0.39 is 0 Å². The molecule has 1 aromatic rings. The molecule has 0 aliphatic carbocycles. The van der Waals surface area contributed by atoms with E-state index in [1.165, 1.54) is 7.11 Å². The number of urea groups is 1. The van der Waals surface area contributed by atoms with Gasteiger partial charge in [-0.2, -0.15) is 0 Å². The van der Waals surface area contributed by atoms with Gasteiger partial charge in [-0.1, -0.05) is 11.6 Å². The molecule has 1 heterocycles. The van der Waals surface area contributed by atoms with E-state index in [0.29, 0.717) is 5.69 Å². The third-order valence-electron chi connectivity index (χ3n) is 1.38. The number of rotatable bonds is 3. The Morgan fingerprint density at radius 3 is 3.14 bits per heavy atom. The van der Waals surface area contributed by atoms with Crippen molar-refractivity contribution in [2.75, 3.05) is 19.2 Å². The van der Waals surface area contributed by atoms with Crippen molar-refractivity contribution < 1.29 is 9.53 Å². The fourth-order valence-electron chi connectivity index (χ4n) is 0.784. The fraction of sp³-hybridized carbons (Fsp3) is 0.250. The first-order valence-electron chi connectivity index (χ1n) is 3.88. The maximum absolute atomic E-state index is 11.1. The number of hydrogen-bond acceptors (Lipinski definition) is 3. The topological polar surface area (TPSA) is 63.2 Å². The van der Waals surface area contributed by atoms with Crippen LogP contribution in [0.1, 0.15) is 0 Å². The Labute approximate surface area is 86.4 Å². The van der Waals surface area contributed by atoms with Crippen LogP contribution in [0.15, 0.2) is 18.3 Å². The molecule has 0 aliphatic heterocycles. The molecule has 0 bridgehead atoms. The lowest BCUT2D eigenvalue weighted by molar-refractivity contribution is 0.177. The Morgan fingerprint density at radius 1 is 1.71 bits per heavy atom. The van der Waals surface area contributed by atoms with Crippen molar-refractivity contribution >= 4 is 23.3 Å². The molecule has 0 aromatic carbocycles. The number of methoxy groups -OCH3 is 1. The van der Waals surface area contributed by atoms with Gasteiger partial charge in [-0.05, 0) is 12.1 Å². The highest BCUT2D eigenvalue weighted by Crippen LogP contribution is 2.16. The summed E-state index contributed by atoms with van der Waals surface area (Å²) in [4.78, 5) is 14.9. The summed E-state index contributed by atoms with van der Waals surface area (Å²) in [5.74, 6) is 0. The van der Waals surface area contributed by atoms with Crippen molar-refractivity contribution in [2.45, 2.75) is 0 Å². The molecule has 0 radical (unpaired) electrons. The summed E-state index contributed by atoms with van der Waals surface area (Å²) in [6.45, 7) is 0.143.